The Labute approximate surface area is 237 Å². The zero-order chi connectivity index (χ0) is 27.2. The number of fused-ring (bicyclic) bond motifs is 6. The summed E-state index contributed by atoms with van der Waals surface area (Å²) in [6, 6.07) is 14.3. The number of carboxylic acids is 1. The minimum Gasteiger partial charge on any atom is -0.478 e. The average molecular weight is 540 g/mol. The summed E-state index contributed by atoms with van der Waals surface area (Å²) in [5, 5.41) is 11.0. The number of amides is 1. The van der Waals surface area contributed by atoms with E-state index in [1.54, 1.807) is 6.07 Å². The second kappa shape index (κ2) is 10.6. The molecule has 0 radical (unpaired) electrons. The molecule has 1 saturated heterocycles. The van der Waals surface area contributed by atoms with Crippen LogP contribution in [0.3, 0.4) is 0 Å². The predicted octanol–water partition coefficient (Wildman–Crippen LogP) is 6.91. The summed E-state index contributed by atoms with van der Waals surface area (Å²) in [4.78, 5) is 30.1. The minimum absolute atomic E-state index is 0.246. The van der Waals surface area contributed by atoms with Crippen LogP contribution in [0, 0.1) is 11.8 Å². The third-order valence-electron chi connectivity index (χ3n) is 10.4. The van der Waals surface area contributed by atoms with Gasteiger partial charge < -0.3 is 19.5 Å². The second-order valence-corrected chi connectivity index (χ2v) is 12.7. The molecular formula is C34H41N3O3. The first-order valence-corrected chi connectivity index (χ1v) is 15.6. The first-order chi connectivity index (χ1) is 19.6. The van der Waals surface area contributed by atoms with E-state index >= 15 is 0 Å². The van der Waals surface area contributed by atoms with Crippen LogP contribution >= 0.6 is 0 Å². The van der Waals surface area contributed by atoms with Gasteiger partial charge in [0, 0.05) is 48.3 Å². The van der Waals surface area contributed by atoms with E-state index in [0.717, 1.165) is 49.7 Å². The van der Waals surface area contributed by atoms with Gasteiger partial charge in [-0.3, -0.25) is 4.79 Å². The lowest BCUT2D eigenvalue weighted by molar-refractivity contribution is -0.132. The Hall–Kier alpha value is -3.28. The molecule has 3 aromatic rings. The van der Waals surface area contributed by atoms with Crippen LogP contribution in [0.2, 0.25) is 0 Å². The number of benzene rings is 2. The number of carboxylic acid groups (broad SMARTS) is 1. The van der Waals surface area contributed by atoms with Crippen molar-refractivity contribution >= 4 is 28.5 Å². The SMILES string of the molecule is O=C(O)c1ccc2c(C3CCCCC3)c3n(c2c1)CCN(CC(=O)N1CCC2CCCCC2C1)c1ccccc1-3. The van der Waals surface area contributed by atoms with Crippen molar-refractivity contribution < 1.29 is 14.7 Å². The van der Waals surface area contributed by atoms with E-state index in [9.17, 15) is 14.7 Å². The molecule has 1 N–H and O–H groups in total. The highest BCUT2D eigenvalue weighted by molar-refractivity contribution is 6.00. The quantitative estimate of drug-likeness (QED) is 0.391. The molecule has 1 amide bonds. The van der Waals surface area contributed by atoms with Gasteiger partial charge in [-0.2, -0.15) is 0 Å². The van der Waals surface area contributed by atoms with Crippen molar-refractivity contribution in [2.24, 2.45) is 11.8 Å². The van der Waals surface area contributed by atoms with Crippen LogP contribution in [0.1, 0.15) is 86.0 Å². The van der Waals surface area contributed by atoms with Crippen LogP contribution in [0.5, 0.6) is 0 Å². The summed E-state index contributed by atoms with van der Waals surface area (Å²) in [7, 11) is 0. The average Bonchev–Trinajstić information content (AvgIpc) is 3.23. The second-order valence-electron chi connectivity index (χ2n) is 12.7. The Morgan fingerprint density at radius 2 is 1.60 bits per heavy atom. The molecule has 2 atom stereocenters. The van der Waals surface area contributed by atoms with Crippen molar-refractivity contribution in [1.29, 1.82) is 0 Å². The van der Waals surface area contributed by atoms with Crippen molar-refractivity contribution in [3.8, 4) is 11.3 Å². The number of carbonyl (C=O) groups is 2. The van der Waals surface area contributed by atoms with Crippen LogP contribution in [0.25, 0.3) is 22.2 Å². The Balaban J connectivity index is 1.26. The van der Waals surface area contributed by atoms with Gasteiger partial charge in [0.15, 0.2) is 0 Å². The summed E-state index contributed by atoms with van der Waals surface area (Å²) >= 11 is 0. The van der Waals surface area contributed by atoms with Crippen molar-refractivity contribution in [3.05, 3.63) is 53.6 Å². The lowest BCUT2D eigenvalue weighted by Gasteiger charge is -2.42. The van der Waals surface area contributed by atoms with Gasteiger partial charge in [0.1, 0.15) is 0 Å². The van der Waals surface area contributed by atoms with E-state index in [4.69, 9.17) is 0 Å². The molecule has 3 heterocycles. The zero-order valence-electron chi connectivity index (χ0n) is 23.5. The summed E-state index contributed by atoms with van der Waals surface area (Å²) in [5.41, 5.74) is 6.26. The molecule has 210 valence electrons. The predicted molar refractivity (Wildman–Crippen MR) is 159 cm³/mol. The summed E-state index contributed by atoms with van der Waals surface area (Å²) in [5.74, 6) is 1.32. The largest absolute Gasteiger partial charge is 0.478 e. The lowest BCUT2D eigenvalue weighted by Crippen LogP contribution is -2.48. The number of rotatable bonds is 4. The van der Waals surface area contributed by atoms with Crippen LogP contribution in [-0.4, -0.2) is 52.6 Å². The van der Waals surface area contributed by atoms with Gasteiger partial charge in [0.25, 0.3) is 0 Å². The first-order valence-electron chi connectivity index (χ1n) is 15.6. The molecule has 2 aliphatic carbocycles. The maximum Gasteiger partial charge on any atom is 0.335 e. The molecule has 2 aromatic carbocycles. The van der Waals surface area contributed by atoms with Gasteiger partial charge in [-0.1, -0.05) is 62.8 Å². The number of hydrogen-bond acceptors (Lipinski definition) is 3. The standard InChI is InChI=1S/C34H41N3O3/c38-31(36-17-16-23-8-4-5-11-26(23)21-36)22-35-18-19-37-30-20-25(34(39)40)14-15-27(30)32(24-9-2-1-3-10-24)33(37)28-12-6-7-13-29(28)35/h6-7,12-15,20,23-24,26H,1-5,8-11,16-19,21-22H2,(H,39,40). The molecule has 3 fully saturated rings. The third kappa shape index (κ3) is 4.49. The molecule has 4 aliphatic rings. The van der Waals surface area contributed by atoms with Crippen molar-refractivity contribution in [1.82, 2.24) is 9.47 Å². The highest BCUT2D eigenvalue weighted by atomic mass is 16.4. The molecule has 0 spiro atoms. The number of piperidine rings is 1. The topological polar surface area (TPSA) is 65.8 Å². The van der Waals surface area contributed by atoms with Crippen LogP contribution in [0.15, 0.2) is 42.5 Å². The van der Waals surface area contributed by atoms with Crippen molar-refractivity contribution in [2.45, 2.75) is 76.7 Å². The van der Waals surface area contributed by atoms with Gasteiger partial charge in [0.2, 0.25) is 5.91 Å². The Kier molecular flexibility index (Phi) is 6.81. The molecule has 1 aromatic heterocycles. The fourth-order valence-corrected chi connectivity index (χ4v) is 8.38. The normalized spacial score (nSPS) is 23.3. The maximum absolute atomic E-state index is 13.7. The fraction of sp³-hybridized carbons (Fsp3) is 0.529. The number of carbonyl (C=O) groups excluding carboxylic acids is 1. The van der Waals surface area contributed by atoms with E-state index in [0.29, 0.717) is 23.9 Å². The molecule has 40 heavy (non-hydrogen) atoms. The number of aromatic carboxylic acids is 1. The molecule has 2 aliphatic heterocycles. The summed E-state index contributed by atoms with van der Waals surface area (Å²) in [6.45, 7) is 3.67. The van der Waals surface area contributed by atoms with Crippen LogP contribution in [-0.2, 0) is 11.3 Å². The Morgan fingerprint density at radius 3 is 2.42 bits per heavy atom. The van der Waals surface area contributed by atoms with Crippen molar-refractivity contribution in [2.75, 3.05) is 31.1 Å². The van der Waals surface area contributed by atoms with Gasteiger partial charge >= 0.3 is 5.97 Å². The maximum atomic E-state index is 13.7. The van der Waals surface area contributed by atoms with Gasteiger partial charge in [-0.25, -0.2) is 4.79 Å². The number of nitrogens with zero attached hydrogens (tertiary/aromatic N) is 3. The summed E-state index contributed by atoms with van der Waals surface area (Å²) < 4.78 is 2.36. The molecule has 6 heteroatoms. The molecule has 0 bridgehead atoms. The molecule has 2 unspecified atom stereocenters. The van der Waals surface area contributed by atoms with E-state index in [1.807, 2.05) is 12.1 Å². The number of hydrogen-bond donors (Lipinski definition) is 1. The number of aromatic nitrogens is 1. The highest BCUT2D eigenvalue weighted by Crippen LogP contribution is 2.47. The van der Waals surface area contributed by atoms with Gasteiger partial charge in [-0.15, -0.1) is 0 Å². The monoisotopic (exact) mass is 539 g/mol. The van der Waals surface area contributed by atoms with E-state index in [1.165, 1.54) is 80.0 Å². The van der Waals surface area contributed by atoms with Crippen LogP contribution < -0.4 is 4.90 Å². The minimum atomic E-state index is -0.889. The van der Waals surface area contributed by atoms with E-state index < -0.39 is 5.97 Å². The third-order valence-corrected chi connectivity index (χ3v) is 10.4. The van der Waals surface area contributed by atoms with Gasteiger partial charge in [-0.05, 0) is 67.2 Å². The highest BCUT2D eigenvalue weighted by Gasteiger charge is 2.35. The molecular weight excluding hydrogens is 498 g/mol. The van der Waals surface area contributed by atoms with Crippen LogP contribution in [0.4, 0.5) is 5.69 Å². The Bertz CT molecular complexity index is 1440. The van der Waals surface area contributed by atoms with Crippen molar-refractivity contribution in [3.63, 3.8) is 0 Å². The fourth-order valence-electron chi connectivity index (χ4n) is 8.38. The zero-order valence-corrected chi connectivity index (χ0v) is 23.5. The van der Waals surface area contributed by atoms with E-state index in [-0.39, 0.29) is 5.91 Å². The molecule has 2 saturated carbocycles. The smallest absolute Gasteiger partial charge is 0.335 e. The summed E-state index contributed by atoms with van der Waals surface area (Å²) in [6.07, 6.45) is 12.5. The first kappa shape index (κ1) is 25.7. The molecule has 7 rings (SSSR count). The number of likely N-dealkylation sites (tertiary alicyclic amines) is 1. The number of para-hydroxylation sites is 1. The number of anilines is 1. The Morgan fingerprint density at radius 1 is 0.825 bits per heavy atom. The van der Waals surface area contributed by atoms with Gasteiger partial charge in [0.05, 0.1) is 17.8 Å². The van der Waals surface area contributed by atoms with E-state index in [2.05, 4.69) is 38.6 Å². The molecule has 6 nitrogen and oxygen atoms in total. The lowest BCUT2D eigenvalue weighted by atomic mass is 9.75.